The number of aromatic nitrogens is 1. The van der Waals surface area contributed by atoms with Crippen molar-refractivity contribution in [2.24, 2.45) is 0 Å². The lowest BCUT2D eigenvalue weighted by Crippen LogP contribution is -2.21. The van der Waals surface area contributed by atoms with Crippen molar-refractivity contribution in [2.45, 2.75) is 12.2 Å². The molecular weight excluding hydrogens is 432 g/mol. The fourth-order valence-corrected chi connectivity index (χ4v) is 4.51. The molecule has 0 unspecified atom stereocenters. The maximum atomic E-state index is 12.0. The third kappa shape index (κ3) is 4.70. The highest BCUT2D eigenvalue weighted by Crippen LogP contribution is 2.34. The van der Waals surface area contributed by atoms with Gasteiger partial charge in [-0.3, -0.25) is 0 Å². The van der Waals surface area contributed by atoms with Crippen LogP contribution in [0.1, 0.15) is 11.1 Å². The van der Waals surface area contributed by atoms with Gasteiger partial charge in [-0.25, -0.2) is 4.79 Å². The van der Waals surface area contributed by atoms with Crippen LogP contribution in [0.15, 0.2) is 57.9 Å². The number of methoxy groups -OCH3 is 2. The van der Waals surface area contributed by atoms with Crippen molar-refractivity contribution in [3.8, 4) is 11.5 Å². The Balaban J connectivity index is 1.41. The van der Waals surface area contributed by atoms with Gasteiger partial charge in [0.2, 0.25) is 0 Å². The third-order valence-corrected chi connectivity index (χ3v) is 6.39. The first kappa shape index (κ1) is 21.3. The summed E-state index contributed by atoms with van der Waals surface area (Å²) in [5, 5.41) is 5.32. The lowest BCUT2D eigenvalue weighted by atomic mass is 10.1. The van der Waals surface area contributed by atoms with Crippen molar-refractivity contribution in [3.63, 3.8) is 0 Å². The summed E-state index contributed by atoms with van der Waals surface area (Å²) in [6, 6.07) is 13.2. The zero-order valence-corrected chi connectivity index (χ0v) is 18.8. The van der Waals surface area contributed by atoms with E-state index in [1.807, 2.05) is 24.4 Å². The van der Waals surface area contributed by atoms with E-state index in [0.29, 0.717) is 27.2 Å². The average Bonchev–Trinajstić information content (AvgIpc) is 3.19. The quantitative estimate of drug-likeness (QED) is 0.311. The maximum absolute atomic E-state index is 12.0. The van der Waals surface area contributed by atoms with E-state index in [9.17, 15) is 4.79 Å². The number of benzene rings is 2. The van der Waals surface area contributed by atoms with Crippen molar-refractivity contribution in [2.75, 3.05) is 20.8 Å². The highest BCUT2D eigenvalue weighted by molar-refractivity contribution is 8.22. The number of thiocarbonyl (C=S) groups is 1. The molecule has 0 amide bonds. The number of hydrogen-bond acceptors (Lipinski definition) is 6. The topological polar surface area (TPSA) is 76.5 Å². The van der Waals surface area contributed by atoms with E-state index in [2.05, 4.69) is 22.4 Å². The molecule has 0 aliphatic rings. The Bertz CT molecular complexity index is 1300. The van der Waals surface area contributed by atoms with Crippen LogP contribution in [-0.4, -0.2) is 30.1 Å². The van der Waals surface area contributed by atoms with Crippen LogP contribution in [0.25, 0.3) is 21.9 Å². The lowest BCUT2D eigenvalue weighted by molar-refractivity contribution is 0.355. The fourth-order valence-electron chi connectivity index (χ4n) is 3.50. The molecule has 2 N–H and O–H groups in total. The van der Waals surface area contributed by atoms with Crippen LogP contribution >= 0.6 is 24.0 Å². The zero-order chi connectivity index (χ0) is 21.8. The molecule has 2 heterocycles. The van der Waals surface area contributed by atoms with Gasteiger partial charge in [-0.05, 0) is 29.7 Å². The van der Waals surface area contributed by atoms with Gasteiger partial charge in [0.25, 0.3) is 0 Å². The number of hydrogen-bond donors (Lipinski definition) is 2. The second-order valence-corrected chi connectivity index (χ2v) is 8.56. The largest absolute Gasteiger partial charge is 0.493 e. The number of H-pyrrole nitrogens is 1. The van der Waals surface area contributed by atoms with Crippen molar-refractivity contribution < 1.29 is 13.9 Å². The molecule has 0 aliphatic carbocycles. The second-order valence-electron chi connectivity index (χ2n) is 6.91. The highest BCUT2D eigenvalue weighted by atomic mass is 32.2. The minimum Gasteiger partial charge on any atom is -0.493 e. The summed E-state index contributed by atoms with van der Waals surface area (Å²) in [5.74, 6) is 1.63. The van der Waals surface area contributed by atoms with Gasteiger partial charge in [0.1, 0.15) is 9.90 Å². The number of ether oxygens (including phenoxy) is 2. The van der Waals surface area contributed by atoms with E-state index in [1.54, 1.807) is 20.3 Å². The van der Waals surface area contributed by atoms with Crippen molar-refractivity contribution in [1.82, 2.24) is 10.3 Å². The predicted octanol–water partition coefficient (Wildman–Crippen LogP) is 4.64. The molecule has 31 heavy (non-hydrogen) atoms. The zero-order valence-electron chi connectivity index (χ0n) is 17.2. The summed E-state index contributed by atoms with van der Waals surface area (Å²) in [7, 11) is 3.12. The van der Waals surface area contributed by atoms with Gasteiger partial charge in [0.15, 0.2) is 11.5 Å². The predicted molar refractivity (Wildman–Crippen MR) is 129 cm³/mol. The van der Waals surface area contributed by atoms with Crippen LogP contribution in [-0.2, 0) is 12.2 Å². The molecule has 0 saturated carbocycles. The third-order valence-electron chi connectivity index (χ3n) is 5.03. The molecule has 0 radical (unpaired) electrons. The van der Waals surface area contributed by atoms with Gasteiger partial charge in [-0.2, -0.15) is 0 Å². The number of fused-ring (bicyclic) bond motifs is 2. The van der Waals surface area contributed by atoms with Crippen LogP contribution in [0.5, 0.6) is 11.5 Å². The summed E-state index contributed by atoms with van der Waals surface area (Å²) in [6.07, 6.45) is 2.90. The monoisotopic (exact) mass is 454 g/mol. The first-order valence-corrected chi connectivity index (χ1v) is 11.1. The molecule has 0 fully saturated rings. The molecule has 0 saturated heterocycles. The summed E-state index contributed by atoms with van der Waals surface area (Å²) in [4.78, 5) is 15.3. The average molecular weight is 455 g/mol. The molecule has 160 valence electrons. The summed E-state index contributed by atoms with van der Waals surface area (Å²) in [5.41, 5.74) is 3.27. The molecule has 0 aliphatic heterocycles. The smallest absolute Gasteiger partial charge is 0.336 e. The molecular formula is C23H22N2O4S2. The van der Waals surface area contributed by atoms with Gasteiger partial charge in [0, 0.05) is 46.9 Å². The van der Waals surface area contributed by atoms with E-state index < -0.39 is 5.63 Å². The first-order chi connectivity index (χ1) is 15.1. The molecule has 8 heteroatoms. The van der Waals surface area contributed by atoms with E-state index in [1.165, 1.54) is 28.8 Å². The minimum absolute atomic E-state index is 0.409. The number of rotatable bonds is 7. The molecule has 4 rings (SSSR count). The van der Waals surface area contributed by atoms with Gasteiger partial charge < -0.3 is 24.2 Å². The molecule has 0 bridgehead atoms. The molecule has 6 nitrogen and oxygen atoms in total. The van der Waals surface area contributed by atoms with E-state index >= 15 is 0 Å². The minimum atomic E-state index is -0.409. The Labute approximate surface area is 188 Å². The normalized spacial score (nSPS) is 11.0. The van der Waals surface area contributed by atoms with Crippen LogP contribution in [0.4, 0.5) is 0 Å². The number of aromatic amines is 1. The van der Waals surface area contributed by atoms with Crippen LogP contribution in [0.3, 0.4) is 0 Å². The van der Waals surface area contributed by atoms with Crippen molar-refractivity contribution >= 4 is 50.2 Å². The molecule has 4 aromatic rings. The Morgan fingerprint density at radius 3 is 2.68 bits per heavy atom. The van der Waals surface area contributed by atoms with Gasteiger partial charge in [-0.1, -0.05) is 42.2 Å². The summed E-state index contributed by atoms with van der Waals surface area (Å²) >= 11 is 6.96. The van der Waals surface area contributed by atoms with Gasteiger partial charge in [0.05, 0.1) is 14.2 Å². The molecule has 2 aromatic carbocycles. The van der Waals surface area contributed by atoms with Crippen LogP contribution in [0, 0.1) is 0 Å². The Morgan fingerprint density at radius 1 is 1.10 bits per heavy atom. The molecule has 0 atom stereocenters. The van der Waals surface area contributed by atoms with Crippen LogP contribution in [0.2, 0.25) is 0 Å². The van der Waals surface area contributed by atoms with Crippen LogP contribution < -0.4 is 20.4 Å². The summed E-state index contributed by atoms with van der Waals surface area (Å²) in [6.45, 7) is 0.733. The Kier molecular flexibility index (Phi) is 6.48. The Hall–Kier alpha value is -2.97. The fraction of sp³-hybridized carbons (Fsp3) is 0.217. The lowest BCUT2D eigenvalue weighted by Gasteiger charge is -2.11. The van der Waals surface area contributed by atoms with E-state index in [4.69, 9.17) is 26.1 Å². The standard InChI is InChI=1S/C23H22N2O4S2/c1-27-20-10-17-15(9-22(26)29-19(17)11-21(20)28-2)13-31-23(30)24-8-7-14-12-25-18-6-4-3-5-16(14)18/h3-6,9-12,25H,7-8,13H2,1-2H3,(H,24,30). The van der Waals surface area contributed by atoms with Gasteiger partial charge in [-0.15, -0.1) is 0 Å². The van der Waals surface area contributed by atoms with Gasteiger partial charge >= 0.3 is 5.63 Å². The van der Waals surface area contributed by atoms with Crippen molar-refractivity contribution in [3.05, 3.63) is 70.2 Å². The maximum Gasteiger partial charge on any atom is 0.336 e. The number of nitrogens with one attached hydrogen (secondary N) is 2. The Morgan fingerprint density at radius 2 is 1.87 bits per heavy atom. The van der Waals surface area contributed by atoms with Crippen molar-refractivity contribution in [1.29, 1.82) is 0 Å². The van der Waals surface area contributed by atoms with E-state index in [-0.39, 0.29) is 0 Å². The number of thioether (sulfide) groups is 1. The van der Waals surface area contributed by atoms with E-state index in [0.717, 1.165) is 29.4 Å². The second kappa shape index (κ2) is 9.45. The first-order valence-electron chi connectivity index (χ1n) is 9.73. The number of para-hydroxylation sites is 1. The molecule has 0 spiro atoms. The SMILES string of the molecule is COc1cc2oc(=O)cc(CSC(=S)NCCc3c[nH]c4ccccc34)c2cc1OC. The summed E-state index contributed by atoms with van der Waals surface area (Å²) < 4.78 is 16.7. The highest BCUT2D eigenvalue weighted by Gasteiger charge is 2.13. The molecule has 2 aromatic heterocycles.